The molecule has 0 bridgehead atoms. The van der Waals surface area contributed by atoms with Crippen molar-refractivity contribution in [2.24, 2.45) is 0 Å². The van der Waals surface area contributed by atoms with Crippen molar-refractivity contribution in [3.05, 3.63) is 70.8 Å². The lowest BCUT2D eigenvalue weighted by atomic mass is 10.0. The van der Waals surface area contributed by atoms with Gasteiger partial charge in [-0.05, 0) is 48.4 Å². The van der Waals surface area contributed by atoms with E-state index in [1.807, 2.05) is 25.1 Å². The predicted octanol–water partition coefficient (Wildman–Crippen LogP) is 3.79. The lowest BCUT2D eigenvalue weighted by Crippen LogP contribution is -2.24. The summed E-state index contributed by atoms with van der Waals surface area (Å²) in [4.78, 5) is 12.0. The van der Waals surface area contributed by atoms with E-state index in [-0.39, 0.29) is 17.5 Å². The number of hydrogen-bond donors (Lipinski definition) is 1. The minimum Gasteiger partial charge on any atom is -0.493 e. The Balaban J connectivity index is 1.64. The molecule has 5 heteroatoms. The van der Waals surface area contributed by atoms with Crippen molar-refractivity contribution in [2.75, 3.05) is 6.61 Å². The lowest BCUT2D eigenvalue weighted by molar-refractivity contribution is -0.117. The molecular formula is C19H17F2NO2. The summed E-state index contributed by atoms with van der Waals surface area (Å²) in [6.45, 7) is 2.56. The minimum atomic E-state index is -0.703. The van der Waals surface area contributed by atoms with Crippen LogP contribution in [-0.2, 0) is 11.2 Å². The second kappa shape index (κ2) is 6.83. The number of amides is 1. The molecule has 0 saturated heterocycles. The topological polar surface area (TPSA) is 38.3 Å². The Morgan fingerprint density at radius 3 is 2.88 bits per heavy atom. The van der Waals surface area contributed by atoms with Crippen LogP contribution in [0.15, 0.2) is 42.5 Å². The third-order valence-corrected chi connectivity index (χ3v) is 3.95. The van der Waals surface area contributed by atoms with Gasteiger partial charge in [0, 0.05) is 24.1 Å². The van der Waals surface area contributed by atoms with Crippen LogP contribution in [0.4, 0.5) is 8.78 Å². The fourth-order valence-corrected chi connectivity index (χ4v) is 2.62. The number of carbonyl (C=O) groups excluding carboxylic acids is 1. The van der Waals surface area contributed by atoms with E-state index in [0.29, 0.717) is 6.61 Å². The number of carbonyl (C=O) groups is 1. The summed E-state index contributed by atoms with van der Waals surface area (Å²) in [5, 5.41) is 2.83. The maximum atomic E-state index is 13.5. The monoisotopic (exact) mass is 329 g/mol. The van der Waals surface area contributed by atoms with Crippen molar-refractivity contribution < 1.29 is 18.3 Å². The van der Waals surface area contributed by atoms with Gasteiger partial charge in [0.15, 0.2) is 0 Å². The molecule has 3 nitrogen and oxygen atoms in total. The van der Waals surface area contributed by atoms with Gasteiger partial charge in [-0.15, -0.1) is 0 Å². The minimum absolute atomic E-state index is 0.161. The van der Waals surface area contributed by atoms with Crippen LogP contribution < -0.4 is 10.1 Å². The Morgan fingerprint density at radius 1 is 1.25 bits per heavy atom. The predicted molar refractivity (Wildman–Crippen MR) is 87.6 cm³/mol. The van der Waals surface area contributed by atoms with E-state index in [9.17, 15) is 13.6 Å². The maximum Gasteiger partial charge on any atom is 0.244 e. The fourth-order valence-electron chi connectivity index (χ4n) is 2.62. The number of nitrogens with one attached hydrogen (secondary N) is 1. The van der Waals surface area contributed by atoms with E-state index < -0.39 is 11.6 Å². The number of rotatable bonds is 4. The summed E-state index contributed by atoms with van der Waals surface area (Å²) in [6, 6.07) is 8.88. The molecule has 1 heterocycles. The van der Waals surface area contributed by atoms with Crippen molar-refractivity contribution in [3.8, 4) is 5.75 Å². The highest BCUT2D eigenvalue weighted by Gasteiger charge is 2.15. The second-order valence-electron chi connectivity index (χ2n) is 5.70. The third-order valence-electron chi connectivity index (χ3n) is 3.95. The van der Waals surface area contributed by atoms with Gasteiger partial charge in [0.1, 0.15) is 17.4 Å². The van der Waals surface area contributed by atoms with Crippen LogP contribution >= 0.6 is 0 Å². The quantitative estimate of drug-likeness (QED) is 0.867. The van der Waals surface area contributed by atoms with Gasteiger partial charge in [-0.2, -0.15) is 0 Å². The van der Waals surface area contributed by atoms with Crippen molar-refractivity contribution in [2.45, 2.75) is 19.4 Å². The van der Waals surface area contributed by atoms with E-state index in [4.69, 9.17) is 4.74 Å². The van der Waals surface area contributed by atoms with Gasteiger partial charge in [-0.1, -0.05) is 6.07 Å². The summed E-state index contributed by atoms with van der Waals surface area (Å²) in [5.41, 5.74) is 2.28. The molecular weight excluding hydrogens is 312 g/mol. The molecule has 1 N–H and O–H groups in total. The van der Waals surface area contributed by atoms with Crippen molar-refractivity contribution >= 4 is 12.0 Å². The normalized spacial score (nSPS) is 14.3. The highest BCUT2D eigenvalue weighted by atomic mass is 19.1. The zero-order chi connectivity index (χ0) is 17.1. The van der Waals surface area contributed by atoms with Gasteiger partial charge < -0.3 is 10.1 Å². The van der Waals surface area contributed by atoms with Crippen molar-refractivity contribution in [1.82, 2.24) is 5.32 Å². The van der Waals surface area contributed by atoms with Gasteiger partial charge in [0.25, 0.3) is 0 Å². The Morgan fingerprint density at radius 2 is 2.08 bits per heavy atom. The number of ether oxygens (including phenoxy) is 1. The van der Waals surface area contributed by atoms with Crippen molar-refractivity contribution in [3.63, 3.8) is 0 Å². The van der Waals surface area contributed by atoms with E-state index in [0.717, 1.165) is 35.4 Å². The molecule has 2 aromatic rings. The molecule has 0 fully saturated rings. The molecule has 0 saturated carbocycles. The number of halogens is 2. The Hall–Kier alpha value is -2.69. The summed E-state index contributed by atoms with van der Waals surface area (Å²) >= 11 is 0. The number of benzene rings is 2. The highest BCUT2D eigenvalue weighted by molar-refractivity contribution is 5.92. The first kappa shape index (κ1) is 16.2. The average Bonchev–Trinajstić information content (AvgIpc) is 3.01. The summed E-state index contributed by atoms with van der Waals surface area (Å²) in [7, 11) is 0. The van der Waals surface area contributed by atoms with Crippen LogP contribution in [-0.4, -0.2) is 12.5 Å². The van der Waals surface area contributed by atoms with E-state index in [2.05, 4.69) is 5.32 Å². The van der Waals surface area contributed by atoms with Gasteiger partial charge >= 0.3 is 0 Å². The molecule has 0 aliphatic carbocycles. The van der Waals surface area contributed by atoms with Gasteiger partial charge in [0.2, 0.25) is 5.91 Å². The zero-order valence-corrected chi connectivity index (χ0v) is 13.2. The third kappa shape index (κ3) is 3.62. The molecule has 0 radical (unpaired) electrons. The molecule has 1 aliphatic rings. The first-order chi connectivity index (χ1) is 11.5. The van der Waals surface area contributed by atoms with Gasteiger partial charge in [-0.3, -0.25) is 4.79 Å². The molecule has 1 unspecified atom stereocenters. The van der Waals surface area contributed by atoms with Crippen molar-refractivity contribution in [1.29, 1.82) is 0 Å². The second-order valence-corrected chi connectivity index (χ2v) is 5.70. The molecule has 2 aromatic carbocycles. The van der Waals surface area contributed by atoms with E-state index in [1.165, 1.54) is 18.2 Å². The smallest absolute Gasteiger partial charge is 0.244 e. The largest absolute Gasteiger partial charge is 0.493 e. The molecule has 124 valence electrons. The summed E-state index contributed by atoms with van der Waals surface area (Å²) < 4.78 is 31.8. The summed E-state index contributed by atoms with van der Waals surface area (Å²) in [5.74, 6) is -0.805. The van der Waals surface area contributed by atoms with Crippen LogP contribution in [0.25, 0.3) is 6.08 Å². The van der Waals surface area contributed by atoms with Gasteiger partial charge in [0.05, 0.1) is 12.6 Å². The molecule has 24 heavy (non-hydrogen) atoms. The average molecular weight is 329 g/mol. The lowest BCUT2D eigenvalue weighted by Gasteiger charge is -2.14. The Bertz CT molecular complexity index is 802. The fraction of sp³-hybridized carbons (Fsp3) is 0.211. The SMILES string of the molecule is CC(NC(=O)/C=C/c1ccc(F)cc1F)c1ccc2c(c1)CCO2. The summed E-state index contributed by atoms with van der Waals surface area (Å²) in [6.07, 6.45) is 3.43. The van der Waals surface area contributed by atoms with Gasteiger partial charge in [-0.25, -0.2) is 8.78 Å². The molecule has 1 amide bonds. The Kier molecular flexibility index (Phi) is 4.60. The molecule has 1 aliphatic heterocycles. The number of hydrogen-bond acceptors (Lipinski definition) is 2. The first-order valence-corrected chi connectivity index (χ1v) is 7.72. The van der Waals surface area contributed by atoms with E-state index >= 15 is 0 Å². The molecule has 0 spiro atoms. The zero-order valence-electron chi connectivity index (χ0n) is 13.2. The maximum absolute atomic E-state index is 13.5. The molecule has 0 aromatic heterocycles. The highest BCUT2D eigenvalue weighted by Crippen LogP contribution is 2.28. The first-order valence-electron chi connectivity index (χ1n) is 7.72. The standard InChI is InChI=1S/C19H17F2NO2/c1-12(14-3-6-18-15(10-14)8-9-24-18)22-19(23)7-4-13-2-5-16(20)11-17(13)21/h2-7,10-12H,8-9H2,1H3,(H,22,23)/b7-4+. The van der Waals surface area contributed by atoms with Crippen LogP contribution in [0.3, 0.4) is 0 Å². The van der Waals surface area contributed by atoms with Crippen LogP contribution in [0.5, 0.6) is 5.75 Å². The number of fused-ring (bicyclic) bond motifs is 1. The Labute approximate surface area is 139 Å². The molecule has 1 atom stereocenters. The van der Waals surface area contributed by atoms with E-state index in [1.54, 1.807) is 0 Å². The van der Waals surface area contributed by atoms with Crippen LogP contribution in [0.1, 0.15) is 29.7 Å². The molecule has 3 rings (SSSR count). The van der Waals surface area contributed by atoms with Crippen LogP contribution in [0.2, 0.25) is 0 Å². The van der Waals surface area contributed by atoms with Crippen LogP contribution in [0, 0.1) is 11.6 Å².